The van der Waals surface area contributed by atoms with E-state index in [1.807, 2.05) is 13.0 Å². The van der Waals surface area contributed by atoms with E-state index in [-0.39, 0.29) is 12.5 Å². The first-order valence-corrected chi connectivity index (χ1v) is 6.44. The molecular weight excluding hydrogens is 314 g/mol. The number of benzene rings is 1. The van der Waals surface area contributed by atoms with Crippen molar-refractivity contribution in [2.75, 3.05) is 27.4 Å². The minimum atomic E-state index is -0.474. The lowest BCUT2D eigenvalue weighted by Crippen LogP contribution is -2.30. The minimum absolute atomic E-state index is 0.123. The quantitative estimate of drug-likeness (QED) is 0.857. The molecule has 0 unspecified atom stereocenters. The summed E-state index contributed by atoms with van der Waals surface area (Å²) in [4.78, 5) is 22.2. The summed E-state index contributed by atoms with van der Waals surface area (Å²) in [5.74, 6) is -0.778. The van der Waals surface area contributed by atoms with E-state index in [0.717, 1.165) is 11.1 Å². The Balaban J connectivity index is 0.000000711. The lowest BCUT2D eigenvalue weighted by Gasteiger charge is -2.03. The fourth-order valence-corrected chi connectivity index (χ4v) is 1.36. The molecule has 0 saturated heterocycles. The van der Waals surface area contributed by atoms with Crippen molar-refractivity contribution in [2.45, 2.75) is 6.92 Å². The number of hydrogen-bond donors (Lipinski definition) is 1. The Morgan fingerprint density at radius 1 is 1.32 bits per heavy atom. The van der Waals surface area contributed by atoms with Gasteiger partial charge in [-0.05, 0) is 25.1 Å². The monoisotopic (exact) mass is 331 g/mol. The van der Waals surface area contributed by atoms with E-state index in [1.165, 1.54) is 7.11 Å². The number of rotatable bonds is 4. The maximum absolute atomic E-state index is 11.5. The first-order chi connectivity index (χ1) is 9.04. The molecule has 1 amide bonds. The Hall–Kier alpha value is -1.40. The van der Waals surface area contributed by atoms with Gasteiger partial charge in [-0.1, -0.05) is 22.0 Å². The molecule has 5 nitrogen and oxygen atoms in total. The SMILES string of the molecule is CCOC.COC(=O)CNC(=O)c1cccc(Br)c1. The van der Waals surface area contributed by atoms with Crippen LogP contribution in [0.3, 0.4) is 0 Å². The van der Waals surface area contributed by atoms with E-state index in [2.05, 4.69) is 30.7 Å². The molecule has 0 radical (unpaired) electrons. The minimum Gasteiger partial charge on any atom is -0.468 e. The summed E-state index contributed by atoms with van der Waals surface area (Å²) in [6.45, 7) is 2.65. The Bertz CT molecular complexity index is 407. The van der Waals surface area contributed by atoms with Crippen LogP contribution in [0.2, 0.25) is 0 Å². The average molecular weight is 332 g/mol. The summed E-state index contributed by atoms with van der Waals surface area (Å²) in [5, 5.41) is 2.44. The van der Waals surface area contributed by atoms with Crippen molar-refractivity contribution in [3.63, 3.8) is 0 Å². The molecule has 0 atom stereocenters. The van der Waals surface area contributed by atoms with E-state index in [1.54, 1.807) is 25.3 Å². The maximum atomic E-state index is 11.5. The van der Waals surface area contributed by atoms with Crippen molar-refractivity contribution in [2.24, 2.45) is 0 Å². The van der Waals surface area contributed by atoms with Gasteiger partial charge in [0.15, 0.2) is 0 Å². The molecule has 0 aliphatic heterocycles. The molecule has 6 heteroatoms. The molecule has 1 aromatic carbocycles. The zero-order valence-corrected chi connectivity index (χ0v) is 12.8. The van der Waals surface area contributed by atoms with Crippen LogP contribution < -0.4 is 5.32 Å². The molecule has 0 fully saturated rings. The number of carbonyl (C=O) groups excluding carboxylic acids is 2. The second kappa shape index (κ2) is 10.5. The Morgan fingerprint density at radius 2 is 1.95 bits per heavy atom. The van der Waals surface area contributed by atoms with Crippen LogP contribution in [0.1, 0.15) is 17.3 Å². The molecular formula is C13H18BrNO4. The standard InChI is InChI=1S/C10H10BrNO3.C3H8O/c1-15-9(13)6-12-10(14)7-3-2-4-8(11)5-7;1-3-4-2/h2-5H,6H2,1H3,(H,12,14);3H2,1-2H3. The molecule has 1 rings (SSSR count). The van der Waals surface area contributed by atoms with Crippen LogP contribution in [0.25, 0.3) is 0 Å². The van der Waals surface area contributed by atoms with Crippen molar-refractivity contribution < 1.29 is 19.1 Å². The number of esters is 1. The van der Waals surface area contributed by atoms with E-state index < -0.39 is 5.97 Å². The predicted octanol–water partition coefficient (Wildman–Crippen LogP) is 2.00. The number of carbonyl (C=O) groups is 2. The Morgan fingerprint density at radius 3 is 2.42 bits per heavy atom. The fraction of sp³-hybridized carbons (Fsp3) is 0.385. The molecule has 0 heterocycles. The number of ether oxygens (including phenoxy) is 2. The third kappa shape index (κ3) is 8.34. The summed E-state index contributed by atoms with van der Waals surface area (Å²) in [5.41, 5.74) is 0.494. The van der Waals surface area contributed by atoms with Gasteiger partial charge in [-0.25, -0.2) is 0 Å². The van der Waals surface area contributed by atoms with Gasteiger partial charge in [0.25, 0.3) is 5.91 Å². The molecule has 0 saturated carbocycles. The van der Waals surface area contributed by atoms with Crippen LogP contribution in [-0.4, -0.2) is 39.2 Å². The van der Waals surface area contributed by atoms with Crippen molar-refractivity contribution in [1.29, 1.82) is 0 Å². The zero-order chi connectivity index (χ0) is 14.7. The van der Waals surface area contributed by atoms with Crippen LogP contribution in [0, 0.1) is 0 Å². The normalized spacial score (nSPS) is 9.05. The van der Waals surface area contributed by atoms with Crippen molar-refractivity contribution in [3.8, 4) is 0 Å². The smallest absolute Gasteiger partial charge is 0.325 e. The van der Waals surface area contributed by atoms with Crippen LogP contribution in [0.15, 0.2) is 28.7 Å². The van der Waals surface area contributed by atoms with Gasteiger partial charge in [0.1, 0.15) is 6.54 Å². The predicted molar refractivity (Wildman–Crippen MR) is 76.0 cm³/mol. The van der Waals surface area contributed by atoms with Crippen molar-refractivity contribution in [1.82, 2.24) is 5.32 Å². The average Bonchev–Trinajstić information content (AvgIpc) is 2.44. The summed E-state index contributed by atoms with van der Waals surface area (Å²) in [6, 6.07) is 6.90. The molecule has 0 aromatic heterocycles. The third-order valence-electron chi connectivity index (χ3n) is 2.00. The van der Waals surface area contributed by atoms with Gasteiger partial charge < -0.3 is 14.8 Å². The molecule has 106 valence electrons. The highest BCUT2D eigenvalue weighted by molar-refractivity contribution is 9.10. The van der Waals surface area contributed by atoms with Crippen LogP contribution in [0.4, 0.5) is 0 Å². The third-order valence-corrected chi connectivity index (χ3v) is 2.49. The van der Waals surface area contributed by atoms with E-state index in [0.29, 0.717) is 5.56 Å². The van der Waals surface area contributed by atoms with Gasteiger partial charge in [-0.3, -0.25) is 9.59 Å². The van der Waals surface area contributed by atoms with Crippen LogP contribution in [-0.2, 0) is 14.3 Å². The van der Waals surface area contributed by atoms with E-state index in [4.69, 9.17) is 0 Å². The molecule has 0 bridgehead atoms. The molecule has 1 N–H and O–H groups in total. The summed E-state index contributed by atoms with van der Waals surface area (Å²) < 4.78 is 9.75. The van der Waals surface area contributed by atoms with Gasteiger partial charge in [0, 0.05) is 23.8 Å². The first-order valence-electron chi connectivity index (χ1n) is 5.64. The number of hydrogen-bond acceptors (Lipinski definition) is 4. The number of amides is 1. The lowest BCUT2D eigenvalue weighted by molar-refractivity contribution is -0.139. The van der Waals surface area contributed by atoms with Crippen LogP contribution in [0.5, 0.6) is 0 Å². The first kappa shape index (κ1) is 17.6. The topological polar surface area (TPSA) is 64.6 Å². The zero-order valence-electron chi connectivity index (χ0n) is 11.2. The number of methoxy groups -OCH3 is 2. The van der Waals surface area contributed by atoms with Crippen LogP contribution >= 0.6 is 15.9 Å². The number of nitrogens with one attached hydrogen (secondary N) is 1. The maximum Gasteiger partial charge on any atom is 0.325 e. The molecule has 0 aliphatic carbocycles. The highest BCUT2D eigenvalue weighted by Gasteiger charge is 2.07. The molecule has 0 spiro atoms. The number of halogens is 1. The lowest BCUT2D eigenvalue weighted by atomic mass is 10.2. The summed E-state index contributed by atoms with van der Waals surface area (Å²) >= 11 is 3.25. The summed E-state index contributed by atoms with van der Waals surface area (Å²) in [6.07, 6.45) is 0. The van der Waals surface area contributed by atoms with Crippen molar-refractivity contribution in [3.05, 3.63) is 34.3 Å². The van der Waals surface area contributed by atoms with Gasteiger partial charge in [0.2, 0.25) is 0 Å². The van der Waals surface area contributed by atoms with E-state index in [9.17, 15) is 9.59 Å². The van der Waals surface area contributed by atoms with E-state index >= 15 is 0 Å². The summed E-state index contributed by atoms with van der Waals surface area (Å²) in [7, 11) is 2.95. The molecule has 1 aromatic rings. The second-order valence-electron chi connectivity index (χ2n) is 3.35. The largest absolute Gasteiger partial charge is 0.468 e. The Kier molecular flexibility index (Phi) is 9.74. The van der Waals surface area contributed by atoms with Gasteiger partial charge in [-0.15, -0.1) is 0 Å². The van der Waals surface area contributed by atoms with Gasteiger partial charge >= 0.3 is 5.97 Å². The Labute approximate surface area is 121 Å². The highest BCUT2D eigenvalue weighted by atomic mass is 79.9. The molecule has 0 aliphatic rings. The van der Waals surface area contributed by atoms with Crippen molar-refractivity contribution >= 4 is 27.8 Å². The molecule has 19 heavy (non-hydrogen) atoms. The van der Waals surface area contributed by atoms with Gasteiger partial charge in [-0.2, -0.15) is 0 Å². The van der Waals surface area contributed by atoms with Gasteiger partial charge in [0.05, 0.1) is 7.11 Å². The second-order valence-corrected chi connectivity index (χ2v) is 4.26. The fourth-order valence-electron chi connectivity index (χ4n) is 0.956. The highest BCUT2D eigenvalue weighted by Crippen LogP contribution is 2.11.